The van der Waals surface area contributed by atoms with E-state index in [0.717, 1.165) is 18.2 Å². The molecule has 0 aliphatic heterocycles. The molecule has 0 saturated heterocycles. The Morgan fingerprint density at radius 3 is 2.49 bits per heavy atom. The van der Waals surface area contributed by atoms with E-state index in [1.807, 2.05) is 0 Å². The summed E-state index contributed by atoms with van der Waals surface area (Å²) in [5.74, 6) is -6.33. The summed E-state index contributed by atoms with van der Waals surface area (Å²) < 4.78 is 38.7. The first kappa shape index (κ1) is 27.0. The third-order valence-corrected chi connectivity index (χ3v) is 10.2. The maximum absolute atomic E-state index is 17.3. The lowest BCUT2D eigenvalue weighted by atomic mass is 9.44. The van der Waals surface area contributed by atoms with E-state index in [9.17, 15) is 34.7 Å². The second-order valence-electron chi connectivity index (χ2n) is 11.7. The molecule has 0 heterocycles. The summed E-state index contributed by atoms with van der Waals surface area (Å²) in [7, 11) is 0. The van der Waals surface area contributed by atoms with Crippen molar-refractivity contribution in [3.05, 3.63) is 63.4 Å². The molecular formula is C28H29F2NO8. The van der Waals surface area contributed by atoms with Crippen molar-refractivity contribution >= 4 is 23.4 Å². The highest BCUT2D eigenvalue weighted by Crippen LogP contribution is 2.71. The zero-order valence-corrected chi connectivity index (χ0v) is 21.6. The maximum atomic E-state index is 17.3. The van der Waals surface area contributed by atoms with Crippen LogP contribution in [0.4, 0.5) is 14.5 Å². The number of nitrogens with zero attached hydrogens (tertiary/aromatic N) is 1. The number of aliphatic hydroxyl groups is 1. The molecule has 4 aliphatic rings. The molecule has 0 aromatic heterocycles. The van der Waals surface area contributed by atoms with Crippen molar-refractivity contribution in [2.24, 2.45) is 28.6 Å². The number of carboxylic acids is 1. The Labute approximate surface area is 222 Å². The average molecular weight is 546 g/mol. The molecule has 9 nitrogen and oxygen atoms in total. The lowest BCUT2D eigenvalue weighted by molar-refractivity contribution is -0.384. The van der Waals surface area contributed by atoms with E-state index in [0.29, 0.717) is 0 Å². The molecule has 1 aromatic carbocycles. The van der Waals surface area contributed by atoms with Crippen molar-refractivity contribution in [3.63, 3.8) is 0 Å². The van der Waals surface area contributed by atoms with E-state index in [1.54, 1.807) is 13.8 Å². The molecule has 208 valence electrons. The number of fused-ring (bicyclic) bond motifs is 5. The fraction of sp³-hybridized carbons (Fsp3) is 0.536. The van der Waals surface area contributed by atoms with Crippen molar-refractivity contribution in [1.29, 1.82) is 0 Å². The average Bonchev–Trinajstić information content (AvgIpc) is 3.10. The number of nitro benzene ring substituents is 1. The van der Waals surface area contributed by atoms with Crippen LogP contribution < -0.4 is 0 Å². The largest absolute Gasteiger partial charge is 0.508 e. The quantitative estimate of drug-likeness (QED) is 0.304. The van der Waals surface area contributed by atoms with E-state index in [2.05, 4.69) is 0 Å². The fourth-order valence-corrected chi connectivity index (χ4v) is 8.17. The zero-order chi connectivity index (χ0) is 28.7. The molecule has 2 N–H and O–H groups in total. The van der Waals surface area contributed by atoms with E-state index in [4.69, 9.17) is 4.74 Å². The van der Waals surface area contributed by atoms with Gasteiger partial charge in [0.25, 0.3) is 5.69 Å². The molecule has 0 radical (unpaired) electrons. The van der Waals surface area contributed by atoms with E-state index in [-0.39, 0.29) is 42.5 Å². The number of aliphatic carboxylic acids is 1. The minimum atomic E-state index is -2.22. The van der Waals surface area contributed by atoms with Gasteiger partial charge in [0.05, 0.1) is 15.9 Å². The highest BCUT2D eigenvalue weighted by atomic mass is 19.1. The number of nitro groups is 1. The number of carbonyl (C=O) groups is 3. The molecule has 0 spiro atoms. The van der Waals surface area contributed by atoms with Gasteiger partial charge in [0.2, 0.25) is 5.60 Å². The topological polar surface area (TPSA) is 144 Å². The predicted molar refractivity (Wildman–Crippen MR) is 132 cm³/mol. The monoisotopic (exact) mass is 545 g/mol. The zero-order valence-electron chi connectivity index (χ0n) is 21.6. The molecule has 3 fully saturated rings. The van der Waals surface area contributed by atoms with Gasteiger partial charge in [-0.05, 0) is 56.2 Å². The molecule has 5 rings (SSSR count). The Morgan fingerprint density at radius 2 is 1.85 bits per heavy atom. The Kier molecular flexibility index (Phi) is 5.83. The van der Waals surface area contributed by atoms with Crippen molar-refractivity contribution in [2.75, 3.05) is 0 Å². The van der Waals surface area contributed by atoms with Gasteiger partial charge >= 0.3 is 11.9 Å². The van der Waals surface area contributed by atoms with Crippen LogP contribution >= 0.6 is 0 Å². The number of allylic oxidation sites excluding steroid dienone is 3. The second kappa shape index (κ2) is 8.43. The highest BCUT2D eigenvalue weighted by molar-refractivity contribution is 6.00. The van der Waals surface area contributed by atoms with Crippen LogP contribution in [0, 0.1) is 38.7 Å². The van der Waals surface area contributed by atoms with E-state index >= 15 is 8.78 Å². The van der Waals surface area contributed by atoms with Gasteiger partial charge < -0.3 is 14.9 Å². The van der Waals surface area contributed by atoms with Gasteiger partial charge in [-0.2, -0.15) is 0 Å². The number of aliphatic hydroxyl groups excluding tert-OH is 1. The molecule has 4 aliphatic carbocycles. The standard InChI is InChI=1S/C28H29F2NO8/c1-14-9-18-19-13-21(29)20-11-17(32)12-22(33)26(20,3)27(19,30)8-7-25(18,2)28(14,24(35)36)39-23(34)15-5-4-6-16(10-15)31(37)38/h4-6,10-12,14,18-19,21,32H,7-9,13H2,1-3H3,(H,35,36). The molecule has 11 heteroatoms. The van der Waals surface area contributed by atoms with Crippen LogP contribution in [0.3, 0.4) is 0 Å². The van der Waals surface area contributed by atoms with Gasteiger partial charge in [0, 0.05) is 35.5 Å². The molecule has 0 bridgehead atoms. The number of hydrogen-bond donors (Lipinski definition) is 2. The smallest absolute Gasteiger partial charge is 0.349 e. The van der Waals surface area contributed by atoms with Gasteiger partial charge in [0.1, 0.15) is 17.6 Å². The first-order valence-corrected chi connectivity index (χ1v) is 12.8. The van der Waals surface area contributed by atoms with Crippen molar-refractivity contribution in [3.8, 4) is 0 Å². The number of halogens is 2. The number of esters is 1. The number of carbonyl (C=O) groups excluding carboxylic acids is 2. The first-order chi connectivity index (χ1) is 18.1. The Balaban J connectivity index is 1.57. The predicted octanol–water partition coefficient (Wildman–Crippen LogP) is 5.05. The van der Waals surface area contributed by atoms with Crippen LogP contribution in [-0.2, 0) is 14.3 Å². The molecule has 0 amide bonds. The summed E-state index contributed by atoms with van der Waals surface area (Å²) >= 11 is 0. The van der Waals surface area contributed by atoms with Crippen LogP contribution in [0.15, 0.2) is 47.7 Å². The number of alkyl halides is 2. The van der Waals surface area contributed by atoms with E-state index in [1.165, 1.54) is 25.1 Å². The van der Waals surface area contributed by atoms with Crippen LogP contribution in [0.2, 0.25) is 0 Å². The van der Waals surface area contributed by atoms with Crippen LogP contribution in [0.1, 0.15) is 56.8 Å². The van der Waals surface area contributed by atoms with Gasteiger partial charge in [0.15, 0.2) is 5.78 Å². The number of rotatable bonds is 4. The summed E-state index contributed by atoms with van der Waals surface area (Å²) in [5.41, 5.74) is -8.26. The number of non-ortho nitro benzene ring substituents is 1. The van der Waals surface area contributed by atoms with Crippen LogP contribution in [0.5, 0.6) is 0 Å². The molecule has 3 saturated carbocycles. The van der Waals surface area contributed by atoms with Gasteiger partial charge in [-0.25, -0.2) is 18.4 Å². The number of carboxylic acid groups (broad SMARTS) is 1. The number of hydrogen-bond acceptors (Lipinski definition) is 7. The number of ether oxygens (including phenoxy) is 1. The van der Waals surface area contributed by atoms with Crippen molar-refractivity contribution in [1.82, 2.24) is 0 Å². The Morgan fingerprint density at radius 1 is 1.15 bits per heavy atom. The summed E-state index contributed by atoms with van der Waals surface area (Å²) in [4.78, 5) is 49.8. The minimum Gasteiger partial charge on any atom is -0.508 e. The fourth-order valence-electron chi connectivity index (χ4n) is 8.17. The summed E-state index contributed by atoms with van der Waals surface area (Å²) in [6.07, 6.45) is -0.328. The van der Waals surface area contributed by atoms with Gasteiger partial charge in [-0.1, -0.05) is 19.9 Å². The summed E-state index contributed by atoms with van der Waals surface area (Å²) in [5, 5.41) is 31.7. The van der Waals surface area contributed by atoms with Crippen LogP contribution in [-0.4, -0.2) is 50.3 Å². The Bertz CT molecular complexity index is 1370. The molecular weight excluding hydrogens is 516 g/mol. The SMILES string of the molecule is CC1CC2C3CC(F)C4=CC(O)=CC(=O)C4(C)C3(F)CCC2(C)C1(OC(=O)c1cccc([N+](=O)[O-])c1)C(=O)O. The molecule has 8 unspecified atom stereocenters. The third kappa shape index (κ3) is 3.31. The first-order valence-electron chi connectivity index (χ1n) is 12.8. The molecule has 1 aromatic rings. The highest BCUT2D eigenvalue weighted by Gasteiger charge is 2.77. The lowest BCUT2D eigenvalue weighted by Gasteiger charge is -2.61. The summed E-state index contributed by atoms with van der Waals surface area (Å²) in [6, 6.07) is 4.73. The number of benzene rings is 1. The minimum absolute atomic E-state index is 0.0771. The van der Waals surface area contributed by atoms with Gasteiger partial charge in [-0.3, -0.25) is 14.9 Å². The lowest BCUT2D eigenvalue weighted by Crippen LogP contribution is -2.67. The molecule has 39 heavy (non-hydrogen) atoms. The second-order valence-corrected chi connectivity index (χ2v) is 11.7. The number of ketones is 1. The summed E-state index contributed by atoms with van der Waals surface area (Å²) in [6.45, 7) is 4.52. The third-order valence-electron chi connectivity index (χ3n) is 10.2. The maximum Gasteiger partial charge on any atom is 0.349 e. The van der Waals surface area contributed by atoms with Crippen molar-refractivity contribution in [2.45, 2.75) is 63.9 Å². The van der Waals surface area contributed by atoms with Crippen molar-refractivity contribution < 1.29 is 43.0 Å². The van der Waals surface area contributed by atoms with Crippen LogP contribution in [0.25, 0.3) is 0 Å². The van der Waals surface area contributed by atoms with Gasteiger partial charge in [-0.15, -0.1) is 0 Å². The van der Waals surface area contributed by atoms with E-state index < -0.39 is 74.4 Å². The normalized spacial score (nSPS) is 40.9. The Hall–Kier alpha value is -3.63. The molecule has 8 atom stereocenters.